The number of aromatic nitrogens is 2. The van der Waals surface area contributed by atoms with E-state index in [1.54, 1.807) is 0 Å². The number of benzene rings is 2. The first-order valence-corrected chi connectivity index (χ1v) is 8.78. The topological polar surface area (TPSA) is 60.7 Å². The maximum Gasteiger partial charge on any atom is 0.252 e. The number of aromatic amines is 2. The molecule has 4 aromatic rings. The van der Waals surface area contributed by atoms with E-state index in [2.05, 4.69) is 33.5 Å². The van der Waals surface area contributed by atoms with Crippen LogP contribution in [-0.2, 0) is 6.42 Å². The smallest absolute Gasteiger partial charge is 0.252 e. The molecule has 0 radical (unpaired) electrons. The Hall–Kier alpha value is -3.01. The van der Waals surface area contributed by atoms with E-state index in [1.807, 2.05) is 36.5 Å². The van der Waals surface area contributed by atoms with Gasteiger partial charge in [-0.15, -0.1) is 0 Å². The maximum atomic E-state index is 12.9. The standard InChI is InChI=1S/C21H19N3O/c25-21(16-7-4-9-17-14(16)11-12-22-17)24-19-10-3-6-15-13-5-1-2-8-18(13)23-20(15)19/h1-2,4-5,7-9,11-12,19,22-23H,3,6,10H2,(H,24,25). The monoisotopic (exact) mass is 329 g/mol. The molecule has 1 aliphatic carbocycles. The lowest BCUT2D eigenvalue weighted by Crippen LogP contribution is -2.31. The highest BCUT2D eigenvalue weighted by Gasteiger charge is 2.26. The van der Waals surface area contributed by atoms with Gasteiger partial charge in [0.15, 0.2) is 0 Å². The zero-order valence-corrected chi connectivity index (χ0v) is 13.8. The van der Waals surface area contributed by atoms with Gasteiger partial charge in [0.1, 0.15) is 0 Å². The van der Waals surface area contributed by atoms with Crippen molar-refractivity contribution < 1.29 is 4.79 Å². The Bertz CT molecular complexity index is 1090. The molecule has 25 heavy (non-hydrogen) atoms. The van der Waals surface area contributed by atoms with E-state index < -0.39 is 0 Å². The van der Waals surface area contributed by atoms with Crippen LogP contribution in [0, 0.1) is 0 Å². The third-order valence-electron chi connectivity index (χ3n) is 5.26. The third kappa shape index (κ3) is 2.25. The normalized spacial score (nSPS) is 16.9. The Kier molecular flexibility index (Phi) is 3.17. The summed E-state index contributed by atoms with van der Waals surface area (Å²) in [7, 11) is 0. The van der Waals surface area contributed by atoms with Gasteiger partial charge in [-0.3, -0.25) is 4.79 Å². The molecule has 4 heteroatoms. The molecule has 2 heterocycles. The van der Waals surface area contributed by atoms with Crippen molar-refractivity contribution >= 4 is 27.7 Å². The number of para-hydroxylation sites is 1. The number of carbonyl (C=O) groups is 1. The molecule has 1 aliphatic rings. The first kappa shape index (κ1) is 14.3. The molecule has 2 aromatic carbocycles. The Morgan fingerprint density at radius 3 is 2.84 bits per heavy atom. The van der Waals surface area contributed by atoms with E-state index in [0.717, 1.165) is 41.2 Å². The second kappa shape index (κ2) is 5.52. The average Bonchev–Trinajstić information content (AvgIpc) is 3.26. The Balaban J connectivity index is 1.51. The second-order valence-corrected chi connectivity index (χ2v) is 6.73. The van der Waals surface area contributed by atoms with Crippen LogP contribution in [0.5, 0.6) is 0 Å². The van der Waals surface area contributed by atoms with Gasteiger partial charge in [0.05, 0.1) is 6.04 Å². The van der Waals surface area contributed by atoms with E-state index in [4.69, 9.17) is 0 Å². The van der Waals surface area contributed by atoms with Gasteiger partial charge < -0.3 is 15.3 Å². The molecule has 4 nitrogen and oxygen atoms in total. The summed E-state index contributed by atoms with van der Waals surface area (Å²) in [6.07, 6.45) is 5.00. The molecule has 2 aromatic heterocycles. The molecular formula is C21H19N3O. The fourth-order valence-corrected chi connectivity index (χ4v) is 4.08. The van der Waals surface area contributed by atoms with Crippen LogP contribution in [0.15, 0.2) is 54.7 Å². The van der Waals surface area contributed by atoms with Crippen molar-refractivity contribution in [2.75, 3.05) is 0 Å². The van der Waals surface area contributed by atoms with Crippen molar-refractivity contribution in [1.82, 2.24) is 15.3 Å². The number of hydrogen-bond donors (Lipinski definition) is 3. The van der Waals surface area contributed by atoms with Crippen LogP contribution in [0.2, 0.25) is 0 Å². The lowest BCUT2D eigenvalue weighted by atomic mass is 9.91. The lowest BCUT2D eigenvalue weighted by molar-refractivity contribution is 0.0933. The highest BCUT2D eigenvalue weighted by atomic mass is 16.1. The first-order valence-electron chi connectivity index (χ1n) is 8.78. The summed E-state index contributed by atoms with van der Waals surface area (Å²) < 4.78 is 0. The molecule has 5 rings (SSSR count). The minimum absolute atomic E-state index is 0.0123. The van der Waals surface area contributed by atoms with E-state index >= 15 is 0 Å². The molecule has 3 N–H and O–H groups in total. The van der Waals surface area contributed by atoms with Crippen molar-refractivity contribution in [3.63, 3.8) is 0 Å². The van der Waals surface area contributed by atoms with Crippen molar-refractivity contribution in [2.24, 2.45) is 0 Å². The summed E-state index contributed by atoms with van der Waals surface area (Å²) in [6, 6.07) is 16.2. The Morgan fingerprint density at radius 1 is 1.00 bits per heavy atom. The highest BCUT2D eigenvalue weighted by Crippen LogP contribution is 2.35. The van der Waals surface area contributed by atoms with Gasteiger partial charge in [-0.05, 0) is 49.1 Å². The number of aryl methyl sites for hydroxylation is 1. The van der Waals surface area contributed by atoms with Crippen molar-refractivity contribution in [1.29, 1.82) is 0 Å². The zero-order valence-electron chi connectivity index (χ0n) is 13.8. The van der Waals surface area contributed by atoms with Crippen molar-refractivity contribution in [3.05, 3.63) is 71.5 Å². The average molecular weight is 329 g/mol. The Morgan fingerprint density at radius 2 is 1.88 bits per heavy atom. The van der Waals surface area contributed by atoms with E-state index in [1.165, 1.54) is 16.6 Å². The third-order valence-corrected chi connectivity index (χ3v) is 5.26. The largest absolute Gasteiger partial charge is 0.361 e. The van der Waals surface area contributed by atoms with E-state index in [9.17, 15) is 4.79 Å². The van der Waals surface area contributed by atoms with Crippen LogP contribution in [0.25, 0.3) is 21.8 Å². The summed E-state index contributed by atoms with van der Waals surface area (Å²) in [5, 5.41) is 5.50. The molecule has 124 valence electrons. The predicted octanol–water partition coefficient (Wildman–Crippen LogP) is 4.46. The van der Waals surface area contributed by atoms with Crippen LogP contribution in [-0.4, -0.2) is 15.9 Å². The molecule has 0 spiro atoms. The lowest BCUT2D eigenvalue weighted by Gasteiger charge is -2.24. The number of nitrogens with one attached hydrogen (secondary N) is 3. The first-order chi connectivity index (χ1) is 12.3. The van der Waals surface area contributed by atoms with Gasteiger partial charge in [0, 0.05) is 39.3 Å². The fraction of sp³-hybridized carbons (Fsp3) is 0.190. The second-order valence-electron chi connectivity index (χ2n) is 6.73. The van der Waals surface area contributed by atoms with Gasteiger partial charge in [0.25, 0.3) is 5.91 Å². The van der Waals surface area contributed by atoms with E-state index in [0.29, 0.717) is 0 Å². The minimum atomic E-state index is -0.0123. The van der Waals surface area contributed by atoms with Gasteiger partial charge in [-0.2, -0.15) is 0 Å². The number of amides is 1. The quantitative estimate of drug-likeness (QED) is 0.500. The molecule has 1 amide bonds. The molecule has 0 saturated carbocycles. The van der Waals surface area contributed by atoms with Crippen molar-refractivity contribution in [2.45, 2.75) is 25.3 Å². The molecule has 0 aliphatic heterocycles. The predicted molar refractivity (Wildman–Crippen MR) is 99.7 cm³/mol. The number of fused-ring (bicyclic) bond motifs is 4. The summed E-state index contributed by atoms with van der Waals surface area (Å²) in [5.74, 6) is -0.0123. The van der Waals surface area contributed by atoms with E-state index in [-0.39, 0.29) is 11.9 Å². The van der Waals surface area contributed by atoms with Crippen LogP contribution >= 0.6 is 0 Å². The Labute approximate surface area is 145 Å². The number of carbonyl (C=O) groups excluding carboxylic acids is 1. The summed E-state index contributed by atoms with van der Waals surface area (Å²) in [5.41, 5.74) is 5.39. The number of hydrogen-bond acceptors (Lipinski definition) is 1. The molecule has 0 saturated heterocycles. The molecule has 1 unspecified atom stereocenters. The number of H-pyrrole nitrogens is 2. The maximum absolute atomic E-state index is 12.9. The van der Waals surface area contributed by atoms with Crippen LogP contribution in [0.1, 0.15) is 40.5 Å². The number of rotatable bonds is 2. The fourth-order valence-electron chi connectivity index (χ4n) is 4.08. The summed E-state index contributed by atoms with van der Waals surface area (Å²) in [6.45, 7) is 0. The molecular weight excluding hydrogens is 310 g/mol. The van der Waals surface area contributed by atoms with Crippen LogP contribution in [0.3, 0.4) is 0 Å². The summed E-state index contributed by atoms with van der Waals surface area (Å²) >= 11 is 0. The van der Waals surface area contributed by atoms with Gasteiger partial charge in [-0.25, -0.2) is 0 Å². The SMILES string of the molecule is O=C(NC1CCCc2c1[nH]c1ccccc21)c1cccc2[nH]ccc12. The molecule has 0 bridgehead atoms. The van der Waals surface area contributed by atoms with Gasteiger partial charge in [-0.1, -0.05) is 24.3 Å². The van der Waals surface area contributed by atoms with Crippen LogP contribution < -0.4 is 5.32 Å². The van der Waals surface area contributed by atoms with Gasteiger partial charge in [0.2, 0.25) is 0 Å². The van der Waals surface area contributed by atoms with Crippen LogP contribution in [0.4, 0.5) is 0 Å². The zero-order chi connectivity index (χ0) is 16.8. The summed E-state index contributed by atoms with van der Waals surface area (Å²) in [4.78, 5) is 19.6. The van der Waals surface area contributed by atoms with Gasteiger partial charge >= 0.3 is 0 Å². The minimum Gasteiger partial charge on any atom is -0.361 e. The highest BCUT2D eigenvalue weighted by molar-refractivity contribution is 6.06. The molecule has 1 atom stereocenters. The molecule has 0 fully saturated rings. The van der Waals surface area contributed by atoms with Crippen molar-refractivity contribution in [3.8, 4) is 0 Å².